The standard InChI is InChI=1S/C28H45N3O2/c1-5-31-16-6-7-20(18-31)29-25(32)17-19-8-10-22-21-9-11-24-28(3,15-13-26(33)30(24)4)23(21)12-14-27(19,22)2/h13,15,19-24H,5-12,14,16-18H2,1-4H3,(H,29,32)/t19-,20?,21+,22+,23+,24-,27-,28-/m1/s1. The molecule has 0 aromatic rings. The van der Waals surface area contributed by atoms with Crippen LogP contribution in [0.3, 0.4) is 0 Å². The van der Waals surface area contributed by atoms with E-state index < -0.39 is 0 Å². The van der Waals surface area contributed by atoms with Gasteiger partial charge < -0.3 is 15.1 Å². The normalized spacial score (nSPS) is 45.3. The molecule has 2 aliphatic heterocycles. The number of carbonyl (C=O) groups excluding carboxylic acids is 2. The van der Waals surface area contributed by atoms with Crippen LogP contribution in [0.2, 0.25) is 0 Å². The number of rotatable bonds is 4. The number of nitrogens with one attached hydrogen (secondary N) is 1. The van der Waals surface area contributed by atoms with E-state index in [2.05, 4.69) is 37.1 Å². The zero-order chi connectivity index (χ0) is 23.4. The highest BCUT2D eigenvalue weighted by Gasteiger charge is 2.60. The van der Waals surface area contributed by atoms with E-state index in [1.54, 1.807) is 0 Å². The molecule has 8 atom stereocenters. The van der Waals surface area contributed by atoms with Gasteiger partial charge in [-0.15, -0.1) is 0 Å². The van der Waals surface area contributed by atoms with Crippen molar-refractivity contribution in [3.63, 3.8) is 0 Å². The zero-order valence-electron chi connectivity index (χ0n) is 21.3. The Balaban J connectivity index is 1.26. The van der Waals surface area contributed by atoms with E-state index in [9.17, 15) is 9.59 Å². The van der Waals surface area contributed by atoms with Gasteiger partial charge >= 0.3 is 0 Å². The van der Waals surface area contributed by atoms with Crippen molar-refractivity contribution in [1.82, 2.24) is 15.1 Å². The highest BCUT2D eigenvalue weighted by atomic mass is 16.2. The molecule has 4 fully saturated rings. The summed E-state index contributed by atoms with van der Waals surface area (Å²) >= 11 is 0. The fraction of sp³-hybridized carbons (Fsp3) is 0.857. The van der Waals surface area contributed by atoms with Gasteiger partial charge in [0.1, 0.15) is 0 Å². The van der Waals surface area contributed by atoms with Crippen LogP contribution >= 0.6 is 0 Å². The van der Waals surface area contributed by atoms with Crippen LogP contribution < -0.4 is 5.32 Å². The second kappa shape index (κ2) is 8.70. The van der Waals surface area contributed by atoms with E-state index in [1.807, 2.05) is 18.0 Å². The Labute approximate surface area is 200 Å². The van der Waals surface area contributed by atoms with Gasteiger partial charge in [-0.3, -0.25) is 9.59 Å². The molecule has 1 N–H and O–H groups in total. The van der Waals surface area contributed by atoms with Crippen molar-refractivity contribution in [1.29, 1.82) is 0 Å². The Morgan fingerprint density at radius 1 is 1.12 bits per heavy atom. The molecule has 3 aliphatic carbocycles. The average Bonchev–Trinajstić information content (AvgIpc) is 3.13. The van der Waals surface area contributed by atoms with Gasteiger partial charge in [0, 0.05) is 37.5 Å². The van der Waals surface area contributed by atoms with Gasteiger partial charge in [0.15, 0.2) is 0 Å². The lowest BCUT2D eigenvalue weighted by molar-refractivity contribution is -0.139. The van der Waals surface area contributed by atoms with Gasteiger partial charge in [0.2, 0.25) is 11.8 Å². The van der Waals surface area contributed by atoms with Gasteiger partial charge in [-0.25, -0.2) is 0 Å². The number of hydrogen-bond acceptors (Lipinski definition) is 3. The second-order valence-corrected chi connectivity index (χ2v) is 12.4. The van der Waals surface area contributed by atoms with Crippen molar-refractivity contribution in [3.05, 3.63) is 12.2 Å². The largest absolute Gasteiger partial charge is 0.352 e. The van der Waals surface area contributed by atoms with Crippen molar-refractivity contribution in [2.75, 3.05) is 26.7 Å². The van der Waals surface area contributed by atoms with Crippen LogP contribution in [0.5, 0.6) is 0 Å². The Kier molecular flexibility index (Phi) is 6.16. The van der Waals surface area contributed by atoms with Gasteiger partial charge in [-0.2, -0.15) is 0 Å². The number of carbonyl (C=O) groups is 2. The lowest BCUT2D eigenvalue weighted by atomic mass is 9.47. The molecule has 0 bridgehead atoms. The number of likely N-dealkylation sites (N-methyl/N-ethyl adjacent to an activating group) is 2. The molecule has 5 nitrogen and oxygen atoms in total. The third-order valence-electron chi connectivity index (χ3n) is 11.1. The highest BCUT2D eigenvalue weighted by molar-refractivity contribution is 5.89. The number of nitrogens with zero attached hydrogens (tertiary/aromatic N) is 2. The molecule has 33 heavy (non-hydrogen) atoms. The van der Waals surface area contributed by atoms with Crippen LogP contribution in [0, 0.1) is 34.5 Å². The summed E-state index contributed by atoms with van der Waals surface area (Å²) in [7, 11) is 2.00. The minimum Gasteiger partial charge on any atom is -0.352 e. The molecule has 5 aliphatic rings. The maximum Gasteiger partial charge on any atom is 0.246 e. The van der Waals surface area contributed by atoms with E-state index in [1.165, 1.54) is 45.1 Å². The number of amides is 2. The quantitative estimate of drug-likeness (QED) is 0.690. The molecule has 3 saturated carbocycles. The SMILES string of the molecule is CCN1CCCC(NC(=O)C[C@H]2CC[C@H]3[C@@H]4CC[C@H]5N(C)C(=O)C=C[C@]5(C)[C@H]4CC[C@]23C)C1. The Morgan fingerprint density at radius 2 is 1.94 bits per heavy atom. The first-order valence-electron chi connectivity index (χ1n) is 13.7. The Morgan fingerprint density at radius 3 is 2.73 bits per heavy atom. The number of piperidine rings is 1. The van der Waals surface area contributed by atoms with Gasteiger partial charge in [0.25, 0.3) is 0 Å². The predicted molar refractivity (Wildman–Crippen MR) is 131 cm³/mol. The van der Waals surface area contributed by atoms with E-state index in [-0.39, 0.29) is 17.2 Å². The average molecular weight is 456 g/mol. The molecular weight excluding hydrogens is 410 g/mol. The Hall–Kier alpha value is -1.36. The van der Waals surface area contributed by atoms with Crippen molar-refractivity contribution in [2.45, 2.75) is 90.6 Å². The summed E-state index contributed by atoms with van der Waals surface area (Å²) in [5, 5.41) is 3.40. The lowest BCUT2D eigenvalue weighted by Crippen LogP contribution is -2.59. The van der Waals surface area contributed by atoms with Crippen LogP contribution in [0.25, 0.3) is 0 Å². The minimum atomic E-state index is 0.106. The van der Waals surface area contributed by atoms with Crippen LogP contribution in [0.1, 0.15) is 78.6 Å². The van der Waals surface area contributed by atoms with Gasteiger partial charge in [0.05, 0.1) is 0 Å². The van der Waals surface area contributed by atoms with Crippen LogP contribution in [-0.4, -0.2) is 60.4 Å². The molecule has 0 aromatic heterocycles. The summed E-state index contributed by atoms with van der Waals surface area (Å²) in [6, 6.07) is 0.682. The number of fused-ring (bicyclic) bond motifs is 5. The highest BCUT2D eigenvalue weighted by Crippen LogP contribution is 2.65. The van der Waals surface area contributed by atoms with Crippen molar-refractivity contribution < 1.29 is 9.59 Å². The van der Waals surface area contributed by atoms with E-state index in [4.69, 9.17) is 0 Å². The molecule has 5 rings (SSSR count). The Bertz CT molecular complexity index is 811. The fourth-order valence-corrected chi connectivity index (χ4v) is 9.15. The van der Waals surface area contributed by atoms with Crippen molar-refractivity contribution in [3.8, 4) is 0 Å². The summed E-state index contributed by atoms with van der Waals surface area (Å²) in [6.07, 6.45) is 14.5. The minimum absolute atomic E-state index is 0.106. The molecule has 0 aromatic carbocycles. The van der Waals surface area contributed by atoms with Gasteiger partial charge in [-0.1, -0.05) is 26.8 Å². The molecular formula is C28H45N3O2. The lowest BCUT2D eigenvalue weighted by Gasteiger charge is -2.60. The first kappa shape index (κ1) is 23.4. The topological polar surface area (TPSA) is 52.7 Å². The van der Waals surface area contributed by atoms with Gasteiger partial charge in [-0.05, 0) is 99.6 Å². The summed E-state index contributed by atoms with van der Waals surface area (Å²) in [4.78, 5) is 29.9. The smallest absolute Gasteiger partial charge is 0.246 e. The summed E-state index contributed by atoms with van der Waals surface area (Å²) in [5.41, 5.74) is 0.401. The van der Waals surface area contributed by atoms with Crippen molar-refractivity contribution in [2.24, 2.45) is 34.5 Å². The van der Waals surface area contributed by atoms with Crippen molar-refractivity contribution >= 4 is 11.8 Å². The summed E-state index contributed by atoms with van der Waals surface area (Å²) in [6.45, 7) is 10.4. The first-order chi connectivity index (χ1) is 15.8. The van der Waals surface area contributed by atoms with E-state index in [0.717, 1.165) is 37.8 Å². The third-order valence-corrected chi connectivity index (χ3v) is 11.1. The molecule has 1 unspecified atom stereocenters. The molecule has 184 valence electrons. The van der Waals surface area contributed by atoms with Crippen LogP contribution in [-0.2, 0) is 9.59 Å². The number of likely N-dealkylation sites (tertiary alicyclic amines) is 1. The molecule has 2 heterocycles. The monoisotopic (exact) mass is 455 g/mol. The maximum atomic E-state index is 13.1. The molecule has 0 radical (unpaired) electrons. The number of hydrogen-bond donors (Lipinski definition) is 1. The summed E-state index contributed by atoms with van der Waals surface area (Å²) < 4.78 is 0. The zero-order valence-corrected chi connectivity index (χ0v) is 21.3. The summed E-state index contributed by atoms with van der Waals surface area (Å²) in [5.74, 6) is 3.11. The molecule has 0 spiro atoms. The predicted octanol–water partition coefficient (Wildman–Crippen LogP) is 4.23. The fourth-order valence-electron chi connectivity index (χ4n) is 9.15. The third kappa shape index (κ3) is 3.86. The maximum absolute atomic E-state index is 13.1. The second-order valence-electron chi connectivity index (χ2n) is 12.4. The molecule has 2 amide bonds. The molecule has 5 heteroatoms. The first-order valence-corrected chi connectivity index (χ1v) is 13.7. The van der Waals surface area contributed by atoms with E-state index in [0.29, 0.717) is 35.8 Å². The molecule has 1 saturated heterocycles. The van der Waals surface area contributed by atoms with Crippen LogP contribution in [0.15, 0.2) is 12.2 Å². The van der Waals surface area contributed by atoms with Crippen LogP contribution in [0.4, 0.5) is 0 Å². The van der Waals surface area contributed by atoms with E-state index >= 15 is 0 Å².